The summed E-state index contributed by atoms with van der Waals surface area (Å²) in [7, 11) is 0. The first kappa shape index (κ1) is 19.8. The van der Waals surface area contributed by atoms with Gasteiger partial charge in [0.2, 0.25) is 0 Å². The van der Waals surface area contributed by atoms with E-state index in [1.54, 1.807) is 0 Å². The molecule has 0 heterocycles. The molecule has 0 radical (unpaired) electrons. The molecule has 0 atom stereocenters. The van der Waals surface area contributed by atoms with Crippen LogP contribution in [0.5, 0.6) is 0 Å². The van der Waals surface area contributed by atoms with E-state index in [0.717, 1.165) is 31.4 Å². The predicted octanol–water partition coefficient (Wildman–Crippen LogP) is 4.08. The van der Waals surface area contributed by atoms with Crippen LogP contribution in [-0.2, 0) is 0 Å². The van der Waals surface area contributed by atoms with Gasteiger partial charge in [0.05, 0.1) is 5.92 Å². The third-order valence-electron chi connectivity index (χ3n) is 4.38. The Kier molecular flexibility index (Phi) is 8.27. The Balaban J connectivity index is 0.00000242. The lowest BCUT2D eigenvalue weighted by Gasteiger charge is -2.31. The maximum absolute atomic E-state index is 12.6. The lowest BCUT2D eigenvalue weighted by atomic mass is 9.85. The molecule has 0 amide bonds. The summed E-state index contributed by atoms with van der Waals surface area (Å²) in [5.74, 6) is 0.484. The molecule has 0 saturated heterocycles. The molecule has 2 saturated carbocycles. The highest BCUT2D eigenvalue weighted by Gasteiger charge is 2.41. The molecule has 2 aliphatic rings. The van der Waals surface area contributed by atoms with Gasteiger partial charge in [0.1, 0.15) is 0 Å². The standard InChI is InChI=1S/C15H26F3N3.HI/c1-2-19-14(20-10-9-11-3-4-11)21-13-7-5-12(6-8-13)15(16,17)18;/h11-13H,2-10H2,1H3,(H2,19,20,21);1H. The summed E-state index contributed by atoms with van der Waals surface area (Å²) in [6, 6.07) is 0.113. The van der Waals surface area contributed by atoms with Crippen LogP contribution in [0.3, 0.4) is 0 Å². The van der Waals surface area contributed by atoms with Gasteiger partial charge in [-0.2, -0.15) is 13.2 Å². The average Bonchev–Trinajstić information content (AvgIpc) is 3.23. The maximum atomic E-state index is 12.6. The summed E-state index contributed by atoms with van der Waals surface area (Å²) in [6.07, 6.45) is 1.31. The Morgan fingerprint density at radius 2 is 1.73 bits per heavy atom. The van der Waals surface area contributed by atoms with E-state index in [4.69, 9.17) is 0 Å². The van der Waals surface area contributed by atoms with Crippen molar-refractivity contribution in [1.82, 2.24) is 10.6 Å². The molecule has 0 aliphatic heterocycles. The first-order valence-corrected chi connectivity index (χ1v) is 8.10. The van der Waals surface area contributed by atoms with E-state index in [1.807, 2.05) is 6.92 Å². The fourth-order valence-electron chi connectivity index (χ4n) is 2.84. The van der Waals surface area contributed by atoms with Crippen LogP contribution in [0.1, 0.15) is 51.9 Å². The number of rotatable bonds is 5. The number of alkyl halides is 3. The maximum Gasteiger partial charge on any atom is 0.391 e. The molecule has 7 heteroatoms. The first-order valence-electron chi connectivity index (χ1n) is 8.10. The van der Waals surface area contributed by atoms with Gasteiger partial charge in [0.25, 0.3) is 0 Å². The number of halogens is 4. The van der Waals surface area contributed by atoms with Gasteiger partial charge in [-0.25, -0.2) is 0 Å². The molecular formula is C15H27F3IN3. The van der Waals surface area contributed by atoms with Crippen LogP contribution >= 0.6 is 24.0 Å². The quantitative estimate of drug-likeness (QED) is 0.390. The highest BCUT2D eigenvalue weighted by atomic mass is 127. The van der Waals surface area contributed by atoms with Crippen molar-refractivity contribution in [3.8, 4) is 0 Å². The lowest BCUT2D eigenvalue weighted by molar-refractivity contribution is -0.182. The third-order valence-corrected chi connectivity index (χ3v) is 4.38. The lowest BCUT2D eigenvalue weighted by Crippen LogP contribution is -2.45. The number of hydrogen-bond acceptors (Lipinski definition) is 1. The Morgan fingerprint density at radius 1 is 1.09 bits per heavy atom. The number of aliphatic imine (C=N–C) groups is 1. The summed E-state index contributed by atoms with van der Waals surface area (Å²) >= 11 is 0. The molecular weight excluding hydrogens is 406 g/mol. The van der Waals surface area contributed by atoms with Gasteiger partial charge in [-0.15, -0.1) is 24.0 Å². The second-order valence-electron chi connectivity index (χ2n) is 6.23. The number of nitrogens with zero attached hydrogens (tertiary/aromatic N) is 1. The minimum Gasteiger partial charge on any atom is -0.357 e. The molecule has 0 aromatic rings. The molecule has 2 aliphatic carbocycles. The molecule has 22 heavy (non-hydrogen) atoms. The Morgan fingerprint density at radius 3 is 2.23 bits per heavy atom. The minimum atomic E-state index is -4.03. The SMILES string of the molecule is CCNC(=NCCC1CC1)NC1CCC(C(F)(F)F)CC1.I. The monoisotopic (exact) mass is 433 g/mol. The van der Waals surface area contributed by atoms with Gasteiger partial charge in [-0.3, -0.25) is 4.99 Å². The van der Waals surface area contributed by atoms with Gasteiger partial charge < -0.3 is 10.6 Å². The molecule has 0 aromatic heterocycles. The van der Waals surface area contributed by atoms with Crippen LogP contribution < -0.4 is 10.6 Å². The minimum absolute atomic E-state index is 0. The number of guanidine groups is 1. The smallest absolute Gasteiger partial charge is 0.357 e. The van der Waals surface area contributed by atoms with Crippen molar-refractivity contribution in [2.75, 3.05) is 13.1 Å². The summed E-state index contributed by atoms with van der Waals surface area (Å²) < 4.78 is 37.9. The molecule has 3 nitrogen and oxygen atoms in total. The van der Waals surface area contributed by atoms with Crippen molar-refractivity contribution in [3.63, 3.8) is 0 Å². The fourth-order valence-corrected chi connectivity index (χ4v) is 2.84. The normalized spacial score (nSPS) is 26.3. The second kappa shape index (κ2) is 9.17. The van der Waals surface area contributed by atoms with E-state index in [9.17, 15) is 13.2 Å². The van der Waals surface area contributed by atoms with E-state index in [2.05, 4.69) is 15.6 Å². The fraction of sp³-hybridized carbons (Fsp3) is 0.933. The molecule has 2 rings (SSSR count). The second-order valence-corrected chi connectivity index (χ2v) is 6.23. The molecule has 0 bridgehead atoms. The molecule has 2 fully saturated rings. The van der Waals surface area contributed by atoms with E-state index in [0.29, 0.717) is 12.8 Å². The van der Waals surface area contributed by atoms with Gasteiger partial charge in [0.15, 0.2) is 5.96 Å². The summed E-state index contributed by atoms with van der Waals surface area (Å²) in [5, 5.41) is 6.48. The van der Waals surface area contributed by atoms with E-state index < -0.39 is 12.1 Å². The van der Waals surface area contributed by atoms with Crippen molar-refractivity contribution in [2.45, 2.75) is 64.1 Å². The number of hydrogen-bond donors (Lipinski definition) is 2. The van der Waals surface area contributed by atoms with Gasteiger partial charge in [-0.05, 0) is 44.9 Å². The molecule has 130 valence electrons. The zero-order valence-corrected chi connectivity index (χ0v) is 15.4. The number of nitrogens with one attached hydrogen (secondary N) is 2. The van der Waals surface area contributed by atoms with Gasteiger partial charge in [0, 0.05) is 19.1 Å². The van der Waals surface area contributed by atoms with Crippen LogP contribution in [-0.4, -0.2) is 31.3 Å². The molecule has 0 unspecified atom stereocenters. The molecule has 0 aromatic carbocycles. The van der Waals surface area contributed by atoms with E-state index >= 15 is 0 Å². The van der Waals surface area contributed by atoms with E-state index in [-0.39, 0.29) is 42.9 Å². The Hall–Kier alpha value is -0.210. The van der Waals surface area contributed by atoms with Crippen LogP contribution in [0.2, 0.25) is 0 Å². The summed E-state index contributed by atoms with van der Waals surface area (Å²) in [6.45, 7) is 3.57. The van der Waals surface area contributed by atoms with Crippen LogP contribution in [0.25, 0.3) is 0 Å². The van der Waals surface area contributed by atoms with Gasteiger partial charge >= 0.3 is 6.18 Å². The van der Waals surface area contributed by atoms with Crippen molar-refractivity contribution in [3.05, 3.63) is 0 Å². The highest BCUT2D eigenvalue weighted by molar-refractivity contribution is 14.0. The zero-order valence-electron chi connectivity index (χ0n) is 13.1. The summed E-state index contributed by atoms with van der Waals surface area (Å²) in [4.78, 5) is 4.53. The average molecular weight is 433 g/mol. The van der Waals surface area contributed by atoms with Crippen molar-refractivity contribution in [1.29, 1.82) is 0 Å². The zero-order chi connectivity index (χ0) is 15.3. The first-order chi connectivity index (χ1) is 9.99. The van der Waals surface area contributed by atoms with Crippen molar-refractivity contribution >= 4 is 29.9 Å². The van der Waals surface area contributed by atoms with Gasteiger partial charge in [-0.1, -0.05) is 12.8 Å². The topological polar surface area (TPSA) is 36.4 Å². The highest BCUT2D eigenvalue weighted by Crippen LogP contribution is 2.37. The van der Waals surface area contributed by atoms with Crippen LogP contribution in [0.4, 0.5) is 13.2 Å². The third kappa shape index (κ3) is 6.91. The Labute approximate surface area is 147 Å². The van der Waals surface area contributed by atoms with Crippen molar-refractivity contribution < 1.29 is 13.2 Å². The molecule has 2 N–H and O–H groups in total. The Bertz CT molecular complexity index is 348. The van der Waals surface area contributed by atoms with E-state index in [1.165, 1.54) is 12.8 Å². The van der Waals surface area contributed by atoms with Crippen LogP contribution in [0.15, 0.2) is 4.99 Å². The van der Waals surface area contributed by atoms with Crippen LogP contribution in [0, 0.1) is 11.8 Å². The predicted molar refractivity (Wildman–Crippen MR) is 93.7 cm³/mol. The summed E-state index contributed by atoms with van der Waals surface area (Å²) in [5.41, 5.74) is 0. The largest absolute Gasteiger partial charge is 0.391 e. The van der Waals surface area contributed by atoms with Crippen molar-refractivity contribution in [2.24, 2.45) is 16.8 Å². The molecule has 0 spiro atoms.